The Bertz CT molecular complexity index is 1870. The van der Waals surface area contributed by atoms with Gasteiger partial charge in [-0.2, -0.15) is 0 Å². The number of ether oxygens (including phenoxy) is 4. The molecule has 576 valence electrons. The standard InChI is InChI=1S/C78H152O17P2/c1-7-9-11-13-15-17-19-21-22-25-29-32-36-42-48-54-60-75(80)88-66-73(94-78(83)63-57-51-44-38-34-30-26-23-24-28-31-35-40-46-52-58-70(3)4)68-92-96(84,85)90-64-72(79)65-91-97(86,87)93-69-74(67-89-76(81)61-55-49-45-39-41-47-53-59-71(5)6)95-77(82)62-56-50-43-37-33-27-20-18-16-14-12-10-8-2/h70-74,79H,7-69H2,1-6H3,(H,84,85)(H,86,87)/t72-,73-,74-/m1/s1. The molecule has 0 saturated carbocycles. The van der Waals surface area contributed by atoms with Gasteiger partial charge in [-0.05, 0) is 37.5 Å². The lowest BCUT2D eigenvalue weighted by molar-refractivity contribution is -0.161. The fourth-order valence-corrected chi connectivity index (χ4v) is 13.6. The van der Waals surface area contributed by atoms with Crippen molar-refractivity contribution in [1.82, 2.24) is 0 Å². The number of phosphoric ester groups is 2. The lowest BCUT2D eigenvalue weighted by Gasteiger charge is -2.21. The van der Waals surface area contributed by atoms with E-state index in [4.69, 9.17) is 37.0 Å². The molecule has 0 radical (unpaired) electrons. The highest BCUT2D eigenvalue weighted by atomic mass is 31.2. The van der Waals surface area contributed by atoms with E-state index in [1.807, 2.05) is 0 Å². The van der Waals surface area contributed by atoms with E-state index in [0.29, 0.717) is 31.6 Å². The van der Waals surface area contributed by atoms with Gasteiger partial charge in [0, 0.05) is 25.7 Å². The number of unbranched alkanes of at least 4 members (excludes halogenated alkanes) is 47. The largest absolute Gasteiger partial charge is 0.472 e. The third-order valence-corrected chi connectivity index (χ3v) is 20.1. The summed E-state index contributed by atoms with van der Waals surface area (Å²) < 4.78 is 68.6. The average molecular weight is 1420 g/mol. The molecule has 0 aliphatic heterocycles. The van der Waals surface area contributed by atoms with Gasteiger partial charge in [0.05, 0.1) is 26.4 Å². The fraction of sp³-hybridized carbons (Fsp3) is 0.949. The van der Waals surface area contributed by atoms with E-state index in [2.05, 4.69) is 41.5 Å². The number of phosphoric acid groups is 2. The Hall–Kier alpha value is -1.94. The number of esters is 4. The highest BCUT2D eigenvalue weighted by Crippen LogP contribution is 2.45. The molecule has 0 heterocycles. The minimum atomic E-state index is -4.96. The van der Waals surface area contributed by atoms with Crippen LogP contribution in [-0.2, 0) is 65.4 Å². The van der Waals surface area contributed by atoms with E-state index in [0.717, 1.165) is 102 Å². The second-order valence-electron chi connectivity index (χ2n) is 29.1. The van der Waals surface area contributed by atoms with Crippen LogP contribution in [0.1, 0.15) is 408 Å². The molecule has 97 heavy (non-hydrogen) atoms. The molecule has 0 amide bonds. The third-order valence-electron chi connectivity index (χ3n) is 18.2. The van der Waals surface area contributed by atoms with Crippen LogP contribution in [0.25, 0.3) is 0 Å². The normalized spacial score (nSPS) is 14.0. The highest BCUT2D eigenvalue weighted by molar-refractivity contribution is 7.47. The number of carbonyl (C=O) groups excluding carboxylic acids is 4. The van der Waals surface area contributed by atoms with Crippen LogP contribution in [0.5, 0.6) is 0 Å². The van der Waals surface area contributed by atoms with Crippen LogP contribution in [0.2, 0.25) is 0 Å². The van der Waals surface area contributed by atoms with Crippen LogP contribution >= 0.6 is 15.6 Å². The summed E-state index contributed by atoms with van der Waals surface area (Å²) in [5.41, 5.74) is 0. The van der Waals surface area contributed by atoms with Gasteiger partial charge < -0.3 is 33.8 Å². The zero-order chi connectivity index (χ0) is 71.4. The Kier molecular flexibility index (Phi) is 68.4. The number of aliphatic hydroxyl groups excluding tert-OH is 1. The number of carbonyl (C=O) groups is 4. The molecule has 0 aliphatic carbocycles. The lowest BCUT2D eigenvalue weighted by atomic mass is 10.0. The second kappa shape index (κ2) is 69.8. The third kappa shape index (κ3) is 72.2. The second-order valence-corrected chi connectivity index (χ2v) is 32.0. The zero-order valence-corrected chi connectivity index (χ0v) is 65.2. The van der Waals surface area contributed by atoms with Gasteiger partial charge >= 0.3 is 39.5 Å². The first-order valence-corrected chi connectivity index (χ1v) is 43.5. The van der Waals surface area contributed by atoms with Crippen LogP contribution in [-0.4, -0.2) is 96.7 Å². The van der Waals surface area contributed by atoms with Crippen molar-refractivity contribution in [3.8, 4) is 0 Å². The van der Waals surface area contributed by atoms with Gasteiger partial charge in [0.2, 0.25) is 0 Å². The number of aliphatic hydroxyl groups is 1. The van der Waals surface area contributed by atoms with Crippen LogP contribution < -0.4 is 0 Å². The molecule has 0 fully saturated rings. The Morgan fingerprint density at radius 1 is 0.278 bits per heavy atom. The molecule has 0 aromatic rings. The van der Waals surface area contributed by atoms with E-state index in [-0.39, 0.29) is 25.7 Å². The van der Waals surface area contributed by atoms with Crippen molar-refractivity contribution in [1.29, 1.82) is 0 Å². The Labute approximate surface area is 594 Å². The van der Waals surface area contributed by atoms with Gasteiger partial charge in [-0.3, -0.25) is 37.3 Å². The van der Waals surface area contributed by atoms with E-state index in [1.165, 1.54) is 218 Å². The average Bonchev–Trinajstić information content (AvgIpc) is 1.19. The number of rotatable bonds is 77. The predicted octanol–water partition coefficient (Wildman–Crippen LogP) is 23.1. The first-order chi connectivity index (χ1) is 46.9. The van der Waals surface area contributed by atoms with Crippen molar-refractivity contribution in [2.45, 2.75) is 426 Å². The Morgan fingerprint density at radius 2 is 0.474 bits per heavy atom. The minimum Gasteiger partial charge on any atom is -0.462 e. The molecule has 0 saturated heterocycles. The lowest BCUT2D eigenvalue weighted by Crippen LogP contribution is -2.30. The molecule has 5 atom stereocenters. The molecular formula is C78H152O17P2. The molecule has 0 bridgehead atoms. The monoisotopic (exact) mass is 1420 g/mol. The summed E-state index contributed by atoms with van der Waals surface area (Å²) in [5, 5.41) is 10.6. The molecule has 0 aromatic heterocycles. The van der Waals surface area contributed by atoms with Gasteiger partial charge in [0.1, 0.15) is 19.3 Å². The fourth-order valence-electron chi connectivity index (χ4n) is 12.0. The van der Waals surface area contributed by atoms with E-state index in [9.17, 15) is 43.2 Å². The van der Waals surface area contributed by atoms with Gasteiger partial charge in [-0.1, -0.05) is 356 Å². The van der Waals surface area contributed by atoms with Crippen molar-refractivity contribution < 1.29 is 80.2 Å². The number of hydrogen-bond acceptors (Lipinski definition) is 15. The number of hydrogen-bond donors (Lipinski definition) is 3. The first kappa shape index (κ1) is 95.1. The molecule has 0 aromatic carbocycles. The maximum atomic E-state index is 13.1. The van der Waals surface area contributed by atoms with Crippen molar-refractivity contribution in [2.75, 3.05) is 39.6 Å². The Balaban J connectivity index is 5.24. The van der Waals surface area contributed by atoms with Crippen LogP contribution in [0.4, 0.5) is 0 Å². The summed E-state index contributed by atoms with van der Waals surface area (Å²) in [6, 6.07) is 0. The summed E-state index contributed by atoms with van der Waals surface area (Å²) in [6.45, 7) is 9.59. The van der Waals surface area contributed by atoms with Gasteiger partial charge in [0.15, 0.2) is 12.2 Å². The molecule has 2 unspecified atom stereocenters. The van der Waals surface area contributed by atoms with E-state index >= 15 is 0 Å². The van der Waals surface area contributed by atoms with E-state index in [1.54, 1.807) is 0 Å². The molecule has 19 heteroatoms. The summed E-state index contributed by atoms with van der Waals surface area (Å²) in [7, 11) is -9.91. The summed E-state index contributed by atoms with van der Waals surface area (Å²) in [5.74, 6) is -0.604. The van der Waals surface area contributed by atoms with Gasteiger partial charge in [0.25, 0.3) is 0 Å². The van der Waals surface area contributed by atoms with Gasteiger partial charge in [-0.15, -0.1) is 0 Å². The zero-order valence-electron chi connectivity index (χ0n) is 63.4. The topological polar surface area (TPSA) is 237 Å². The van der Waals surface area contributed by atoms with Crippen LogP contribution in [0, 0.1) is 11.8 Å². The summed E-state index contributed by atoms with van der Waals surface area (Å²) in [4.78, 5) is 72.9. The minimum absolute atomic E-state index is 0.107. The summed E-state index contributed by atoms with van der Waals surface area (Å²) >= 11 is 0. The first-order valence-electron chi connectivity index (χ1n) is 40.5. The van der Waals surface area contributed by atoms with Crippen molar-refractivity contribution in [3.63, 3.8) is 0 Å². The SMILES string of the molecule is CCCCCCCCCCCCCCCCCCC(=O)OC[C@H](COP(=O)(O)OC[C@@H](O)COP(=O)(O)OC[C@@H](COC(=O)CCCCCCCCCC(C)C)OC(=O)CCCCCCCCCCCCCCC)OC(=O)CCCCCCCCCCCCCCCCCC(C)C. The summed E-state index contributed by atoms with van der Waals surface area (Å²) in [6.07, 6.45) is 58.3. The predicted molar refractivity (Wildman–Crippen MR) is 395 cm³/mol. The quantitative estimate of drug-likeness (QED) is 0.0222. The maximum absolute atomic E-state index is 13.1. The van der Waals surface area contributed by atoms with Crippen LogP contribution in [0.3, 0.4) is 0 Å². The molecule has 3 N–H and O–H groups in total. The Morgan fingerprint density at radius 3 is 0.701 bits per heavy atom. The van der Waals surface area contributed by atoms with Gasteiger partial charge in [-0.25, -0.2) is 9.13 Å². The highest BCUT2D eigenvalue weighted by Gasteiger charge is 2.30. The molecule has 17 nitrogen and oxygen atoms in total. The van der Waals surface area contributed by atoms with Crippen molar-refractivity contribution in [2.24, 2.45) is 11.8 Å². The van der Waals surface area contributed by atoms with Crippen molar-refractivity contribution >= 4 is 39.5 Å². The molecule has 0 rings (SSSR count). The van der Waals surface area contributed by atoms with Crippen LogP contribution in [0.15, 0.2) is 0 Å². The molecule has 0 aliphatic rings. The molecular weight excluding hydrogens is 1270 g/mol. The smallest absolute Gasteiger partial charge is 0.462 e. The maximum Gasteiger partial charge on any atom is 0.472 e. The van der Waals surface area contributed by atoms with Crippen molar-refractivity contribution in [3.05, 3.63) is 0 Å². The van der Waals surface area contributed by atoms with E-state index < -0.39 is 97.5 Å². The molecule has 0 spiro atoms.